The molecule has 0 aliphatic rings. The van der Waals surface area contributed by atoms with Gasteiger partial charge in [0.05, 0.1) is 18.2 Å². The van der Waals surface area contributed by atoms with Crippen LogP contribution in [0.3, 0.4) is 0 Å². The van der Waals surface area contributed by atoms with Crippen LogP contribution in [0.5, 0.6) is 0 Å². The second-order valence-corrected chi connectivity index (χ2v) is 6.33. The average Bonchev–Trinajstić information content (AvgIpc) is 2.28. The smallest absolute Gasteiger partial charge is 0.0668 e. The van der Waals surface area contributed by atoms with Crippen molar-refractivity contribution >= 4 is 0 Å². The number of likely N-dealkylation sites (N-methyl/N-ethyl adjacent to an activating group) is 1. The fourth-order valence-corrected chi connectivity index (χ4v) is 2.20. The third kappa shape index (κ3) is 4.96. The van der Waals surface area contributed by atoms with E-state index in [9.17, 15) is 0 Å². The maximum Gasteiger partial charge on any atom is 0.0668 e. The summed E-state index contributed by atoms with van der Waals surface area (Å²) in [5.41, 5.74) is 5.30. The molecule has 1 unspecified atom stereocenters. The Kier molecular flexibility index (Phi) is 5.57. The summed E-state index contributed by atoms with van der Waals surface area (Å²) in [4.78, 5) is 0. The molecule has 1 aromatic rings. The number of ether oxygens (including phenoxy) is 1. The SMILES string of the molecule is CCNC(COC(C)(C)C)c1cc(C)c(C)cc1C. The molecule has 0 saturated heterocycles. The van der Waals surface area contributed by atoms with Gasteiger partial charge in [-0.05, 0) is 70.3 Å². The topological polar surface area (TPSA) is 21.3 Å². The highest BCUT2D eigenvalue weighted by Gasteiger charge is 2.18. The van der Waals surface area contributed by atoms with E-state index < -0.39 is 0 Å². The van der Waals surface area contributed by atoms with E-state index in [2.05, 4.69) is 65.9 Å². The van der Waals surface area contributed by atoms with Gasteiger partial charge in [0.1, 0.15) is 0 Å². The van der Waals surface area contributed by atoms with Crippen molar-refractivity contribution in [3.05, 3.63) is 34.4 Å². The van der Waals surface area contributed by atoms with Gasteiger partial charge in [-0.2, -0.15) is 0 Å². The lowest BCUT2D eigenvalue weighted by molar-refractivity contribution is -0.0147. The zero-order valence-electron chi connectivity index (χ0n) is 13.6. The van der Waals surface area contributed by atoms with Crippen LogP contribution in [0.2, 0.25) is 0 Å². The molecule has 0 amide bonds. The van der Waals surface area contributed by atoms with Crippen molar-refractivity contribution in [2.24, 2.45) is 0 Å². The Labute approximate surface area is 118 Å². The molecule has 1 N–H and O–H groups in total. The predicted molar refractivity (Wildman–Crippen MR) is 82.8 cm³/mol. The number of nitrogens with one attached hydrogen (secondary N) is 1. The fraction of sp³-hybridized carbons (Fsp3) is 0.647. The van der Waals surface area contributed by atoms with Crippen molar-refractivity contribution < 1.29 is 4.74 Å². The molecule has 19 heavy (non-hydrogen) atoms. The van der Waals surface area contributed by atoms with Crippen LogP contribution in [0, 0.1) is 20.8 Å². The highest BCUT2D eigenvalue weighted by molar-refractivity contribution is 5.38. The molecular formula is C17H29NO. The minimum absolute atomic E-state index is 0.0959. The summed E-state index contributed by atoms with van der Waals surface area (Å²) < 4.78 is 5.96. The van der Waals surface area contributed by atoms with E-state index in [4.69, 9.17) is 4.74 Å². The molecule has 0 aromatic heterocycles. The summed E-state index contributed by atoms with van der Waals surface area (Å²) in [5.74, 6) is 0. The highest BCUT2D eigenvalue weighted by Crippen LogP contribution is 2.23. The standard InChI is InChI=1S/C17H29NO/c1-8-18-16(11-19-17(5,6)7)15-10-13(3)12(2)9-14(15)4/h9-10,16,18H,8,11H2,1-7H3. The van der Waals surface area contributed by atoms with Crippen molar-refractivity contribution in [3.8, 4) is 0 Å². The van der Waals surface area contributed by atoms with E-state index in [1.54, 1.807) is 0 Å². The molecular weight excluding hydrogens is 234 g/mol. The summed E-state index contributed by atoms with van der Waals surface area (Å²) in [6, 6.07) is 4.83. The Bertz CT molecular complexity index is 418. The summed E-state index contributed by atoms with van der Waals surface area (Å²) in [5, 5.41) is 3.53. The van der Waals surface area contributed by atoms with Gasteiger partial charge >= 0.3 is 0 Å². The van der Waals surface area contributed by atoms with Gasteiger partial charge < -0.3 is 10.1 Å². The van der Waals surface area contributed by atoms with E-state index in [0.717, 1.165) is 6.54 Å². The van der Waals surface area contributed by atoms with Gasteiger partial charge in [0.2, 0.25) is 0 Å². The van der Waals surface area contributed by atoms with E-state index in [0.29, 0.717) is 6.61 Å². The van der Waals surface area contributed by atoms with Crippen LogP contribution < -0.4 is 5.32 Å². The molecule has 0 fully saturated rings. The van der Waals surface area contributed by atoms with Crippen molar-refractivity contribution in [3.63, 3.8) is 0 Å². The maximum absolute atomic E-state index is 5.96. The Morgan fingerprint density at radius 1 is 1.05 bits per heavy atom. The first-order valence-corrected chi connectivity index (χ1v) is 7.19. The van der Waals surface area contributed by atoms with Gasteiger partial charge in [-0.25, -0.2) is 0 Å². The number of rotatable bonds is 5. The first kappa shape index (κ1) is 16.2. The highest BCUT2D eigenvalue weighted by atomic mass is 16.5. The van der Waals surface area contributed by atoms with Crippen molar-refractivity contribution in [1.82, 2.24) is 5.32 Å². The number of benzene rings is 1. The van der Waals surface area contributed by atoms with Crippen molar-refractivity contribution in [2.45, 2.75) is 60.1 Å². The number of aryl methyl sites for hydroxylation is 3. The average molecular weight is 263 g/mol. The summed E-state index contributed by atoms with van der Waals surface area (Å²) in [7, 11) is 0. The van der Waals surface area contributed by atoms with Gasteiger partial charge in [-0.15, -0.1) is 0 Å². The van der Waals surface area contributed by atoms with Gasteiger partial charge in [0, 0.05) is 0 Å². The molecule has 0 saturated carbocycles. The van der Waals surface area contributed by atoms with Gasteiger partial charge in [-0.3, -0.25) is 0 Å². The maximum atomic E-state index is 5.96. The van der Waals surface area contributed by atoms with E-state index in [-0.39, 0.29) is 11.6 Å². The third-order valence-corrected chi connectivity index (χ3v) is 3.39. The molecule has 2 heteroatoms. The summed E-state index contributed by atoms with van der Waals surface area (Å²) in [6.45, 7) is 16.6. The lowest BCUT2D eigenvalue weighted by Gasteiger charge is -2.26. The first-order valence-electron chi connectivity index (χ1n) is 7.19. The van der Waals surface area contributed by atoms with Crippen LogP contribution in [0.1, 0.15) is 56.0 Å². The lowest BCUT2D eigenvalue weighted by Crippen LogP contribution is -2.30. The second kappa shape index (κ2) is 6.53. The molecule has 0 bridgehead atoms. The number of hydrogen-bond donors (Lipinski definition) is 1. The van der Waals surface area contributed by atoms with Crippen LogP contribution in [0.25, 0.3) is 0 Å². The second-order valence-electron chi connectivity index (χ2n) is 6.33. The van der Waals surface area contributed by atoms with Gasteiger partial charge in [0.15, 0.2) is 0 Å². The minimum Gasteiger partial charge on any atom is -0.374 e. The van der Waals surface area contributed by atoms with Crippen molar-refractivity contribution in [2.75, 3.05) is 13.2 Å². The molecule has 108 valence electrons. The molecule has 0 aliphatic carbocycles. The normalized spacial score (nSPS) is 13.6. The predicted octanol–water partition coefficient (Wildman–Crippen LogP) is 4.08. The molecule has 1 rings (SSSR count). The lowest BCUT2D eigenvalue weighted by atomic mass is 9.96. The van der Waals surface area contributed by atoms with Crippen LogP contribution in [0.15, 0.2) is 12.1 Å². The Hall–Kier alpha value is -0.860. The van der Waals surface area contributed by atoms with Gasteiger partial charge in [-0.1, -0.05) is 19.1 Å². The summed E-state index contributed by atoms with van der Waals surface area (Å²) >= 11 is 0. The van der Waals surface area contributed by atoms with Crippen LogP contribution in [-0.2, 0) is 4.74 Å². The van der Waals surface area contributed by atoms with Crippen molar-refractivity contribution in [1.29, 1.82) is 0 Å². The molecule has 0 radical (unpaired) electrons. The fourth-order valence-electron chi connectivity index (χ4n) is 2.20. The zero-order valence-corrected chi connectivity index (χ0v) is 13.6. The first-order chi connectivity index (χ1) is 8.74. The minimum atomic E-state index is -0.0959. The quantitative estimate of drug-likeness (QED) is 0.864. The molecule has 2 nitrogen and oxygen atoms in total. The van der Waals surface area contributed by atoms with E-state index >= 15 is 0 Å². The molecule has 0 aliphatic heterocycles. The third-order valence-electron chi connectivity index (χ3n) is 3.39. The van der Waals surface area contributed by atoms with Gasteiger partial charge in [0.25, 0.3) is 0 Å². The zero-order chi connectivity index (χ0) is 14.6. The van der Waals surface area contributed by atoms with Crippen LogP contribution >= 0.6 is 0 Å². The van der Waals surface area contributed by atoms with E-state index in [1.807, 2.05) is 0 Å². The Morgan fingerprint density at radius 3 is 2.16 bits per heavy atom. The molecule has 0 heterocycles. The van der Waals surface area contributed by atoms with Crippen LogP contribution in [-0.4, -0.2) is 18.8 Å². The Morgan fingerprint density at radius 2 is 1.63 bits per heavy atom. The largest absolute Gasteiger partial charge is 0.374 e. The molecule has 1 aromatic carbocycles. The van der Waals surface area contributed by atoms with E-state index in [1.165, 1.54) is 22.3 Å². The number of hydrogen-bond acceptors (Lipinski definition) is 2. The van der Waals surface area contributed by atoms with Crippen LogP contribution in [0.4, 0.5) is 0 Å². The Balaban J connectivity index is 2.95. The molecule has 1 atom stereocenters. The summed E-state index contributed by atoms with van der Waals surface area (Å²) in [6.07, 6.45) is 0. The molecule has 0 spiro atoms. The monoisotopic (exact) mass is 263 g/mol.